The van der Waals surface area contributed by atoms with E-state index in [0.29, 0.717) is 24.5 Å². The highest BCUT2D eigenvalue weighted by Gasteiger charge is 2.28. The average Bonchev–Trinajstić information content (AvgIpc) is 2.99. The fourth-order valence-corrected chi connectivity index (χ4v) is 4.44. The van der Waals surface area contributed by atoms with E-state index in [1.54, 1.807) is 19.2 Å². The first-order valence-corrected chi connectivity index (χ1v) is 10.00. The molecule has 3 rings (SSSR count). The molecular formula is C17H20N4O4S. The number of carbonyl (C=O) groups excluding carboxylic acids is 1. The molecule has 1 unspecified atom stereocenters. The Hall–Kier alpha value is -2.68. The molecule has 0 bridgehead atoms. The van der Waals surface area contributed by atoms with Crippen molar-refractivity contribution in [3.8, 4) is 5.75 Å². The van der Waals surface area contributed by atoms with Crippen molar-refractivity contribution in [3.63, 3.8) is 0 Å². The minimum atomic E-state index is -2.96. The normalized spacial score (nSPS) is 18.3. The van der Waals surface area contributed by atoms with Gasteiger partial charge < -0.3 is 15.4 Å². The highest BCUT2D eigenvalue weighted by molar-refractivity contribution is 7.91. The number of sulfone groups is 1. The average molecular weight is 376 g/mol. The Bertz CT molecular complexity index is 884. The zero-order valence-corrected chi connectivity index (χ0v) is 15.1. The second-order valence-corrected chi connectivity index (χ2v) is 8.27. The number of ether oxygens (including phenoxy) is 1. The Labute approximate surface area is 151 Å². The molecule has 2 aromatic rings. The van der Waals surface area contributed by atoms with Crippen LogP contribution in [0, 0.1) is 0 Å². The van der Waals surface area contributed by atoms with E-state index in [9.17, 15) is 13.2 Å². The van der Waals surface area contributed by atoms with Gasteiger partial charge in [0.15, 0.2) is 15.5 Å². The van der Waals surface area contributed by atoms with Gasteiger partial charge in [0, 0.05) is 18.2 Å². The van der Waals surface area contributed by atoms with E-state index < -0.39 is 9.84 Å². The largest absolute Gasteiger partial charge is 0.496 e. The fourth-order valence-electron chi connectivity index (χ4n) is 2.76. The summed E-state index contributed by atoms with van der Waals surface area (Å²) in [6.45, 7) is 0.310. The second-order valence-electron chi connectivity index (χ2n) is 6.04. The third-order valence-corrected chi connectivity index (χ3v) is 5.88. The number of methoxy groups -OCH3 is 1. The summed E-state index contributed by atoms with van der Waals surface area (Å²) in [6.07, 6.45) is 0.547. The predicted octanol–water partition coefficient (Wildman–Crippen LogP) is 1.01. The Morgan fingerprint density at radius 1 is 1.23 bits per heavy atom. The SMILES string of the molecule is COc1ccccc1CNC(=O)c1ccc(NC2CCS(=O)(=O)C2)nn1. The number of aromatic nitrogens is 2. The molecule has 138 valence electrons. The van der Waals surface area contributed by atoms with Gasteiger partial charge in [-0.3, -0.25) is 4.79 Å². The van der Waals surface area contributed by atoms with E-state index in [2.05, 4.69) is 20.8 Å². The third-order valence-electron chi connectivity index (χ3n) is 4.11. The maximum Gasteiger partial charge on any atom is 0.272 e. The summed E-state index contributed by atoms with van der Waals surface area (Å²) < 4.78 is 28.2. The summed E-state index contributed by atoms with van der Waals surface area (Å²) in [5.74, 6) is 1.08. The van der Waals surface area contributed by atoms with Crippen molar-refractivity contribution in [3.05, 3.63) is 47.7 Å². The summed E-state index contributed by atoms with van der Waals surface area (Å²) in [7, 11) is -1.38. The number of para-hydroxylation sites is 1. The molecule has 1 saturated heterocycles. The number of carbonyl (C=O) groups is 1. The molecule has 1 aromatic heterocycles. The van der Waals surface area contributed by atoms with E-state index in [1.807, 2.05) is 24.3 Å². The number of anilines is 1. The number of amides is 1. The van der Waals surface area contributed by atoms with E-state index >= 15 is 0 Å². The molecule has 9 heteroatoms. The Balaban J connectivity index is 1.57. The zero-order valence-electron chi connectivity index (χ0n) is 14.3. The van der Waals surface area contributed by atoms with Crippen molar-refractivity contribution in [1.29, 1.82) is 0 Å². The van der Waals surface area contributed by atoms with Crippen LogP contribution in [0.4, 0.5) is 5.82 Å². The number of rotatable bonds is 6. The molecule has 2 heterocycles. The van der Waals surface area contributed by atoms with Crippen molar-refractivity contribution in [2.45, 2.75) is 19.0 Å². The maximum absolute atomic E-state index is 12.2. The number of hydrogen-bond donors (Lipinski definition) is 2. The molecule has 2 N–H and O–H groups in total. The molecule has 1 aromatic carbocycles. The van der Waals surface area contributed by atoms with Crippen LogP contribution in [0.15, 0.2) is 36.4 Å². The van der Waals surface area contributed by atoms with Crippen LogP contribution in [0.25, 0.3) is 0 Å². The fraction of sp³-hybridized carbons (Fsp3) is 0.353. The lowest BCUT2D eigenvalue weighted by Gasteiger charge is -2.11. The van der Waals surface area contributed by atoms with Crippen LogP contribution in [0.5, 0.6) is 5.75 Å². The van der Waals surface area contributed by atoms with Gasteiger partial charge in [0.05, 0.1) is 18.6 Å². The lowest BCUT2D eigenvalue weighted by atomic mass is 10.2. The van der Waals surface area contributed by atoms with Crippen molar-refractivity contribution >= 4 is 21.6 Å². The molecule has 1 atom stereocenters. The maximum atomic E-state index is 12.2. The van der Waals surface area contributed by atoms with Crippen LogP contribution in [0.3, 0.4) is 0 Å². The van der Waals surface area contributed by atoms with Crippen LogP contribution in [-0.4, -0.2) is 49.2 Å². The molecule has 1 aliphatic heterocycles. The van der Waals surface area contributed by atoms with Gasteiger partial charge in [0.1, 0.15) is 11.6 Å². The van der Waals surface area contributed by atoms with Gasteiger partial charge in [-0.15, -0.1) is 10.2 Å². The standard InChI is InChI=1S/C17H20N4O4S/c1-25-15-5-3-2-4-12(15)10-18-17(22)14-6-7-16(21-20-14)19-13-8-9-26(23,24)11-13/h2-7,13H,8-11H2,1H3,(H,18,22)(H,19,21). The third kappa shape index (κ3) is 4.48. The van der Waals surface area contributed by atoms with Gasteiger partial charge in [-0.2, -0.15) is 0 Å². The monoisotopic (exact) mass is 376 g/mol. The molecule has 0 saturated carbocycles. The molecule has 1 aliphatic rings. The highest BCUT2D eigenvalue weighted by atomic mass is 32.2. The highest BCUT2D eigenvalue weighted by Crippen LogP contribution is 2.17. The first kappa shape index (κ1) is 18.1. The molecule has 1 amide bonds. The van der Waals surface area contributed by atoms with Crippen molar-refractivity contribution in [2.75, 3.05) is 23.9 Å². The second kappa shape index (κ2) is 7.69. The Morgan fingerprint density at radius 3 is 2.69 bits per heavy atom. The predicted molar refractivity (Wildman–Crippen MR) is 96.9 cm³/mol. The lowest BCUT2D eigenvalue weighted by Crippen LogP contribution is -2.25. The first-order chi connectivity index (χ1) is 12.5. The van der Waals surface area contributed by atoms with Gasteiger partial charge in [0.2, 0.25) is 0 Å². The van der Waals surface area contributed by atoms with Gasteiger partial charge in [-0.25, -0.2) is 8.42 Å². The van der Waals surface area contributed by atoms with E-state index in [0.717, 1.165) is 5.56 Å². The van der Waals surface area contributed by atoms with Crippen LogP contribution < -0.4 is 15.4 Å². The summed E-state index contributed by atoms with van der Waals surface area (Å²) in [6, 6.07) is 10.4. The zero-order chi connectivity index (χ0) is 18.6. The van der Waals surface area contributed by atoms with E-state index in [4.69, 9.17) is 4.74 Å². The summed E-state index contributed by atoms with van der Waals surface area (Å²) >= 11 is 0. The van der Waals surface area contributed by atoms with E-state index in [-0.39, 0.29) is 29.1 Å². The van der Waals surface area contributed by atoms with Crippen molar-refractivity contribution in [2.24, 2.45) is 0 Å². The van der Waals surface area contributed by atoms with Crippen LogP contribution in [0.1, 0.15) is 22.5 Å². The topological polar surface area (TPSA) is 110 Å². The minimum Gasteiger partial charge on any atom is -0.496 e. The van der Waals surface area contributed by atoms with Gasteiger partial charge in [0.25, 0.3) is 5.91 Å². The minimum absolute atomic E-state index is 0.0931. The van der Waals surface area contributed by atoms with Gasteiger partial charge in [-0.05, 0) is 24.6 Å². The molecular weight excluding hydrogens is 356 g/mol. The first-order valence-electron chi connectivity index (χ1n) is 8.17. The molecule has 0 spiro atoms. The van der Waals surface area contributed by atoms with Crippen LogP contribution in [0.2, 0.25) is 0 Å². The molecule has 0 radical (unpaired) electrons. The Morgan fingerprint density at radius 2 is 2.04 bits per heavy atom. The Kier molecular flexibility index (Phi) is 5.36. The van der Waals surface area contributed by atoms with Gasteiger partial charge in [-0.1, -0.05) is 18.2 Å². The lowest BCUT2D eigenvalue weighted by molar-refractivity contribution is 0.0944. The van der Waals surface area contributed by atoms with Crippen molar-refractivity contribution < 1.29 is 17.9 Å². The van der Waals surface area contributed by atoms with Crippen molar-refractivity contribution in [1.82, 2.24) is 15.5 Å². The smallest absolute Gasteiger partial charge is 0.272 e. The summed E-state index contributed by atoms with van der Waals surface area (Å²) in [5.41, 5.74) is 1.04. The van der Waals surface area contributed by atoms with Crippen LogP contribution in [-0.2, 0) is 16.4 Å². The number of benzene rings is 1. The van der Waals surface area contributed by atoms with E-state index in [1.165, 1.54) is 0 Å². The molecule has 8 nitrogen and oxygen atoms in total. The molecule has 26 heavy (non-hydrogen) atoms. The number of nitrogens with zero attached hydrogens (tertiary/aromatic N) is 2. The van der Waals surface area contributed by atoms with Gasteiger partial charge >= 0.3 is 0 Å². The quantitative estimate of drug-likeness (QED) is 0.774. The summed E-state index contributed by atoms with van der Waals surface area (Å²) in [4.78, 5) is 12.2. The summed E-state index contributed by atoms with van der Waals surface area (Å²) in [5, 5.41) is 13.7. The molecule has 0 aliphatic carbocycles. The molecule has 1 fully saturated rings. The number of nitrogens with one attached hydrogen (secondary N) is 2. The number of hydrogen-bond acceptors (Lipinski definition) is 7. The van der Waals surface area contributed by atoms with Crippen LogP contribution >= 0.6 is 0 Å².